The molecule has 0 aliphatic rings. The highest BCUT2D eigenvalue weighted by Gasteiger charge is 2.16. The molecule has 1 aromatic carbocycles. The van der Waals surface area contributed by atoms with Crippen molar-refractivity contribution in [3.63, 3.8) is 0 Å². The average molecular weight is 257 g/mol. The molecule has 0 aliphatic carbocycles. The predicted molar refractivity (Wildman–Crippen MR) is 73.1 cm³/mol. The van der Waals surface area contributed by atoms with Gasteiger partial charge in [0.1, 0.15) is 0 Å². The fraction of sp³-hybridized carbons (Fsp3) is 0.200. The number of hydrogen-bond donors (Lipinski definition) is 1. The van der Waals surface area contributed by atoms with Gasteiger partial charge in [0.2, 0.25) is 5.78 Å². The summed E-state index contributed by atoms with van der Waals surface area (Å²) < 4.78 is 4.88. The number of para-hydroxylation sites is 1. The van der Waals surface area contributed by atoms with Crippen LogP contribution in [0.25, 0.3) is 10.9 Å². The van der Waals surface area contributed by atoms with Gasteiger partial charge in [-0.25, -0.2) is 4.79 Å². The Hall–Kier alpha value is -2.36. The minimum atomic E-state index is -0.506. The van der Waals surface area contributed by atoms with Crippen LogP contribution in [0.5, 0.6) is 0 Å². The smallest absolute Gasteiger partial charge is 0.330 e. The Morgan fingerprint density at radius 1 is 1.32 bits per heavy atom. The van der Waals surface area contributed by atoms with Gasteiger partial charge in [-0.15, -0.1) is 0 Å². The first-order valence-corrected chi connectivity index (χ1v) is 6.03. The van der Waals surface area contributed by atoms with E-state index in [0.717, 1.165) is 16.6 Å². The van der Waals surface area contributed by atoms with Crippen molar-refractivity contribution < 1.29 is 14.3 Å². The number of fused-ring (bicyclic) bond motifs is 1. The lowest BCUT2D eigenvalue weighted by molar-refractivity contribution is -0.136. The lowest BCUT2D eigenvalue weighted by Gasteiger charge is -2.02. The Morgan fingerprint density at radius 2 is 2.05 bits per heavy atom. The molecule has 0 amide bonds. The molecule has 1 aromatic heterocycles. The fourth-order valence-corrected chi connectivity index (χ4v) is 2.03. The number of Topliss-reactive ketones (excluding diaryl/α,β-unsaturated/α-hetero) is 1. The van der Waals surface area contributed by atoms with Gasteiger partial charge in [0.05, 0.1) is 0 Å². The molecule has 4 heteroatoms. The predicted octanol–water partition coefficient (Wildman–Crippen LogP) is 2.78. The number of aromatic nitrogens is 1. The molecule has 0 atom stereocenters. The molecule has 0 radical (unpaired) electrons. The fourth-order valence-electron chi connectivity index (χ4n) is 2.03. The zero-order valence-electron chi connectivity index (χ0n) is 10.9. The standard InChI is InChI=1S/C15H15NO3/c1-3-6-14(18)19-9-13(17)15-10(2)16-12-8-5-4-7-11(12)15/h3-8,16H,9H2,1-2H3/b6-3+. The molecule has 0 saturated heterocycles. The van der Waals surface area contributed by atoms with Crippen LogP contribution in [0.4, 0.5) is 0 Å². The highest BCUT2D eigenvalue weighted by atomic mass is 16.5. The third-order valence-corrected chi connectivity index (χ3v) is 2.82. The molecule has 19 heavy (non-hydrogen) atoms. The van der Waals surface area contributed by atoms with Crippen molar-refractivity contribution in [3.05, 3.63) is 47.7 Å². The van der Waals surface area contributed by atoms with Gasteiger partial charge in [-0.05, 0) is 19.9 Å². The van der Waals surface area contributed by atoms with E-state index >= 15 is 0 Å². The van der Waals surface area contributed by atoms with Crippen LogP contribution in [0.3, 0.4) is 0 Å². The third kappa shape index (κ3) is 2.73. The topological polar surface area (TPSA) is 59.2 Å². The summed E-state index contributed by atoms with van der Waals surface area (Å²) in [5.41, 5.74) is 2.28. The molecule has 0 saturated carbocycles. The summed E-state index contributed by atoms with van der Waals surface area (Å²) in [4.78, 5) is 26.5. The van der Waals surface area contributed by atoms with E-state index in [0.29, 0.717) is 5.56 Å². The van der Waals surface area contributed by atoms with Crippen LogP contribution in [0.1, 0.15) is 23.0 Å². The number of aryl methyl sites for hydroxylation is 1. The molecular weight excluding hydrogens is 242 g/mol. The second-order valence-corrected chi connectivity index (χ2v) is 4.20. The molecule has 2 aromatic rings. The van der Waals surface area contributed by atoms with Gasteiger partial charge in [-0.3, -0.25) is 4.79 Å². The molecule has 2 rings (SSSR count). The molecule has 0 aliphatic heterocycles. The van der Waals surface area contributed by atoms with E-state index in [4.69, 9.17) is 4.74 Å². The second kappa shape index (κ2) is 5.52. The van der Waals surface area contributed by atoms with Crippen LogP contribution in [0.15, 0.2) is 36.4 Å². The molecule has 4 nitrogen and oxygen atoms in total. The summed E-state index contributed by atoms with van der Waals surface area (Å²) >= 11 is 0. The highest BCUT2D eigenvalue weighted by molar-refractivity contribution is 6.10. The van der Waals surface area contributed by atoms with E-state index in [1.807, 2.05) is 31.2 Å². The number of esters is 1. The van der Waals surface area contributed by atoms with Gasteiger partial charge in [-0.2, -0.15) is 0 Å². The Kier molecular flexibility index (Phi) is 3.80. The van der Waals surface area contributed by atoms with Gasteiger partial charge in [0.25, 0.3) is 0 Å². The van der Waals surface area contributed by atoms with E-state index in [2.05, 4.69) is 4.98 Å². The lowest BCUT2D eigenvalue weighted by Crippen LogP contribution is -2.13. The Morgan fingerprint density at radius 3 is 2.79 bits per heavy atom. The first-order valence-electron chi connectivity index (χ1n) is 6.03. The van der Waals surface area contributed by atoms with Gasteiger partial charge in [0, 0.05) is 28.2 Å². The third-order valence-electron chi connectivity index (χ3n) is 2.82. The number of hydrogen-bond acceptors (Lipinski definition) is 3. The first-order chi connectivity index (χ1) is 9.13. The number of rotatable bonds is 4. The monoisotopic (exact) mass is 257 g/mol. The van der Waals surface area contributed by atoms with Crippen molar-refractivity contribution in [2.45, 2.75) is 13.8 Å². The summed E-state index contributed by atoms with van der Waals surface area (Å²) in [6.07, 6.45) is 2.86. The van der Waals surface area contributed by atoms with Crippen LogP contribution in [-0.4, -0.2) is 23.3 Å². The summed E-state index contributed by atoms with van der Waals surface area (Å²) in [6.45, 7) is 3.31. The van der Waals surface area contributed by atoms with E-state index < -0.39 is 5.97 Å². The number of benzene rings is 1. The maximum absolute atomic E-state index is 12.1. The lowest BCUT2D eigenvalue weighted by atomic mass is 10.1. The number of carbonyl (C=O) groups excluding carboxylic acids is 2. The van der Waals surface area contributed by atoms with Crippen molar-refractivity contribution >= 4 is 22.7 Å². The molecule has 1 heterocycles. The summed E-state index contributed by atoms with van der Waals surface area (Å²) in [6, 6.07) is 7.56. The first kappa shape index (κ1) is 13.1. The number of ether oxygens (including phenoxy) is 1. The Balaban J connectivity index is 2.22. The molecule has 0 bridgehead atoms. The zero-order chi connectivity index (χ0) is 13.8. The number of H-pyrrole nitrogens is 1. The van der Waals surface area contributed by atoms with Crippen LogP contribution >= 0.6 is 0 Å². The normalized spacial score (nSPS) is 11.1. The minimum Gasteiger partial charge on any atom is -0.454 e. The molecule has 1 N–H and O–H groups in total. The van der Waals surface area contributed by atoms with Crippen molar-refractivity contribution in [2.24, 2.45) is 0 Å². The maximum Gasteiger partial charge on any atom is 0.330 e. The Labute approximate surface area is 111 Å². The van der Waals surface area contributed by atoms with E-state index in [1.54, 1.807) is 13.0 Å². The zero-order valence-corrected chi connectivity index (χ0v) is 10.9. The van der Waals surface area contributed by atoms with Crippen molar-refractivity contribution in [2.75, 3.05) is 6.61 Å². The van der Waals surface area contributed by atoms with Crippen molar-refractivity contribution in [1.82, 2.24) is 4.98 Å². The van der Waals surface area contributed by atoms with Gasteiger partial charge in [-0.1, -0.05) is 24.3 Å². The summed E-state index contributed by atoms with van der Waals surface area (Å²) in [5, 5.41) is 0.854. The molecule has 98 valence electrons. The number of ketones is 1. The van der Waals surface area contributed by atoms with Gasteiger partial charge >= 0.3 is 5.97 Å². The Bertz CT molecular complexity index is 652. The minimum absolute atomic E-state index is 0.201. The number of allylic oxidation sites excluding steroid dienone is 1. The van der Waals surface area contributed by atoms with E-state index in [1.165, 1.54) is 6.08 Å². The highest BCUT2D eigenvalue weighted by Crippen LogP contribution is 2.22. The summed E-state index contributed by atoms with van der Waals surface area (Å²) in [7, 11) is 0. The quantitative estimate of drug-likeness (QED) is 0.520. The SMILES string of the molecule is C/C=C/C(=O)OCC(=O)c1c(C)[nH]c2ccccc12. The largest absolute Gasteiger partial charge is 0.454 e. The summed E-state index contributed by atoms with van der Waals surface area (Å²) in [5.74, 6) is -0.707. The van der Waals surface area contributed by atoms with Crippen LogP contribution in [0, 0.1) is 6.92 Å². The molecule has 0 unspecified atom stereocenters. The number of carbonyl (C=O) groups is 2. The number of aromatic amines is 1. The van der Waals surface area contributed by atoms with Crippen LogP contribution in [0.2, 0.25) is 0 Å². The van der Waals surface area contributed by atoms with Crippen molar-refractivity contribution in [1.29, 1.82) is 0 Å². The van der Waals surface area contributed by atoms with Crippen LogP contribution in [-0.2, 0) is 9.53 Å². The number of nitrogens with one attached hydrogen (secondary N) is 1. The van der Waals surface area contributed by atoms with E-state index in [9.17, 15) is 9.59 Å². The van der Waals surface area contributed by atoms with Gasteiger partial charge in [0.15, 0.2) is 6.61 Å². The average Bonchev–Trinajstić information content (AvgIpc) is 2.72. The maximum atomic E-state index is 12.1. The van der Waals surface area contributed by atoms with E-state index in [-0.39, 0.29) is 12.4 Å². The molecular formula is C15H15NO3. The second-order valence-electron chi connectivity index (χ2n) is 4.20. The van der Waals surface area contributed by atoms with Crippen LogP contribution < -0.4 is 0 Å². The van der Waals surface area contributed by atoms with Crippen molar-refractivity contribution in [3.8, 4) is 0 Å². The van der Waals surface area contributed by atoms with Gasteiger partial charge < -0.3 is 9.72 Å². The molecule has 0 fully saturated rings. The molecule has 0 spiro atoms.